The van der Waals surface area contributed by atoms with Crippen molar-refractivity contribution in [2.24, 2.45) is 0 Å². The molecule has 0 saturated carbocycles. The monoisotopic (exact) mass is 304 g/mol. The average Bonchev–Trinajstić information content (AvgIpc) is 2.72. The lowest BCUT2D eigenvalue weighted by Crippen LogP contribution is -2.37. The van der Waals surface area contributed by atoms with Crippen LogP contribution in [0.1, 0.15) is 35.2 Å². The Labute approximate surface area is 131 Å². The number of benzene rings is 1. The fraction of sp³-hybridized carbons (Fsp3) is 0.529. The highest BCUT2D eigenvalue weighted by molar-refractivity contribution is 5.95. The molecule has 5 heteroatoms. The van der Waals surface area contributed by atoms with Gasteiger partial charge in [-0.3, -0.25) is 14.5 Å². The summed E-state index contributed by atoms with van der Waals surface area (Å²) in [7, 11) is 1.84. The van der Waals surface area contributed by atoms with Crippen LogP contribution >= 0.6 is 0 Å². The number of hydrogen-bond acceptors (Lipinski definition) is 3. The van der Waals surface area contributed by atoms with E-state index in [1.165, 1.54) is 0 Å². The first-order valence-corrected chi connectivity index (χ1v) is 7.76. The normalized spacial score (nSPS) is 19.0. The van der Waals surface area contributed by atoms with Gasteiger partial charge >= 0.3 is 5.97 Å². The molecule has 1 atom stereocenters. The van der Waals surface area contributed by atoms with Crippen LogP contribution < -0.4 is 0 Å². The van der Waals surface area contributed by atoms with Gasteiger partial charge in [-0.2, -0.15) is 0 Å². The molecule has 1 aliphatic rings. The molecule has 0 aliphatic carbocycles. The van der Waals surface area contributed by atoms with Crippen LogP contribution in [0, 0.1) is 6.92 Å². The first-order valence-electron chi connectivity index (χ1n) is 7.76. The molecule has 0 radical (unpaired) electrons. The highest BCUT2D eigenvalue weighted by Crippen LogP contribution is 2.18. The minimum atomic E-state index is -0.806. The molecule has 0 bridgehead atoms. The number of carboxylic acids is 1. The van der Waals surface area contributed by atoms with Crippen molar-refractivity contribution in [2.75, 3.05) is 26.7 Å². The molecule has 1 aromatic carbocycles. The number of carbonyl (C=O) groups excluding carboxylic acids is 1. The molecule has 120 valence electrons. The van der Waals surface area contributed by atoms with E-state index in [1.54, 1.807) is 0 Å². The van der Waals surface area contributed by atoms with Gasteiger partial charge in [-0.05, 0) is 44.9 Å². The standard InChI is InChI=1S/C17H24N2O3/c1-13-6-3-4-8-15(13)17(22)19-10-5-7-14(9-11-19)18(2)12-16(20)21/h3-4,6,8,14H,5,7,9-12H2,1-2H3,(H,20,21). The van der Waals surface area contributed by atoms with Crippen LogP contribution in [0.4, 0.5) is 0 Å². The number of nitrogens with zero attached hydrogens (tertiary/aromatic N) is 2. The van der Waals surface area contributed by atoms with Gasteiger partial charge in [0.1, 0.15) is 0 Å². The van der Waals surface area contributed by atoms with Crippen molar-refractivity contribution in [3.05, 3.63) is 35.4 Å². The first-order chi connectivity index (χ1) is 10.5. The summed E-state index contributed by atoms with van der Waals surface area (Å²) in [5.74, 6) is -0.723. The van der Waals surface area contributed by atoms with Crippen molar-refractivity contribution in [3.63, 3.8) is 0 Å². The lowest BCUT2D eigenvalue weighted by atomic mass is 10.1. The number of rotatable bonds is 4. The zero-order valence-corrected chi connectivity index (χ0v) is 13.3. The Morgan fingerprint density at radius 3 is 2.68 bits per heavy atom. The van der Waals surface area contributed by atoms with Crippen LogP contribution in [0.15, 0.2) is 24.3 Å². The van der Waals surface area contributed by atoms with Crippen LogP contribution in [0.5, 0.6) is 0 Å². The Kier molecular flexibility index (Phi) is 5.55. The van der Waals surface area contributed by atoms with Gasteiger partial charge < -0.3 is 10.0 Å². The third-order valence-electron chi connectivity index (χ3n) is 4.37. The number of likely N-dealkylation sites (tertiary alicyclic amines) is 1. The van der Waals surface area contributed by atoms with Crippen molar-refractivity contribution in [1.82, 2.24) is 9.80 Å². The maximum absolute atomic E-state index is 12.6. The van der Waals surface area contributed by atoms with E-state index in [4.69, 9.17) is 5.11 Å². The maximum atomic E-state index is 12.6. The third-order valence-corrected chi connectivity index (χ3v) is 4.37. The van der Waals surface area contributed by atoms with E-state index in [0.29, 0.717) is 6.54 Å². The van der Waals surface area contributed by atoms with E-state index < -0.39 is 5.97 Å². The molecule has 5 nitrogen and oxygen atoms in total. The summed E-state index contributed by atoms with van der Waals surface area (Å²) in [6.45, 7) is 3.43. The Hall–Kier alpha value is -1.88. The van der Waals surface area contributed by atoms with Gasteiger partial charge in [0, 0.05) is 24.7 Å². The molecule has 1 heterocycles. The zero-order valence-electron chi connectivity index (χ0n) is 13.3. The maximum Gasteiger partial charge on any atom is 0.317 e. The van der Waals surface area contributed by atoms with E-state index in [1.807, 2.05) is 48.0 Å². The minimum Gasteiger partial charge on any atom is -0.480 e. The van der Waals surface area contributed by atoms with Crippen molar-refractivity contribution in [1.29, 1.82) is 0 Å². The Balaban J connectivity index is 2.00. The number of hydrogen-bond donors (Lipinski definition) is 1. The molecule has 1 fully saturated rings. The quantitative estimate of drug-likeness (QED) is 0.924. The molecule has 1 aliphatic heterocycles. The largest absolute Gasteiger partial charge is 0.480 e. The van der Waals surface area contributed by atoms with Crippen molar-refractivity contribution >= 4 is 11.9 Å². The fourth-order valence-corrected chi connectivity index (χ4v) is 3.05. The molecule has 1 N–H and O–H groups in total. The zero-order chi connectivity index (χ0) is 16.1. The van der Waals surface area contributed by atoms with Crippen molar-refractivity contribution < 1.29 is 14.7 Å². The number of carboxylic acid groups (broad SMARTS) is 1. The topological polar surface area (TPSA) is 60.9 Å². The van der Waals surface area contributed by atoms with Gasteiger partial charge in [0.05, 0.1) is 6.54 Å². The van der Waals surface area contributed by atoms with E-state index >= 15 is 0 Å². The lowest BCUT2D eigenvalue weighted by molar-refractivity contribution is -0.138. The molecule has 1 unspecified atom stereocenters. The number of aryl methyl sites for hydroxylation is 1. The van der Waals surface area contributed by atoms with E-state index in [-0.39, 0.29) is 18.5 Å². The SMILES string of the molecule is Cc1ccccc1C(=O)N1CCCC(N(C)CC(=O)O)CC1. The van der Waals surface area contributed by atoms with Crippen molar-refractivity contribution in [3.8, 4) is 0 Å². The Morgan fingerprint density at radius 2 is 2.00 bits per heavy atom. The molecular formula is C17H24N2O3. The van der Waals surface area contributed by atoms with Gasteiger partial charge in [-0.1, -0.05) is 18.2 Å². The Bertz CT molecular complexity index is 544. The molecule has 2 rings (SSSR count). The number of likely N-dealkylation sites (N-methyl/N-ethyl adjacent to an activating group) is 1. The van der Waals surface area contributed by atoms with Crippen LogP contribution in [0.2, 0.25) is 0 Å². The number of amides is 1. The fourth-order valence-electron chi connectivity index (χ4n) is 3.05. The van der Waals surface area contributed by atoms with Gasteiger partial charge in [0.2, 0.25) is 0 Å². The molecule has 1 amide bonds. The van der Waals surface area contributed by atoms with Gasteiger partial charge in [0.15, 0.2) is 0 Å². The summed E-state index contributed by atoms with van der Waals surface area (Å²) in [4.78, 5) is 27.3. The number of aliphatic carboxylic acids is 1. The van der Waals surface area contributed by atoms with E-state index in [2.05, 4.69) is 0 Å². The number of carbonyl (C=O) groups is 2. The summed E-state index contributed by atoms with van der Waals surface area (Å²) in [6.07, 6.45) is 2.66. The third kappa shape index (κ3) is 4.07. The Morgan fingerprint density at radius 1 is 1.27 bits per heavy atom. The average molecular weight is 304 g/mol. The summed E-state index contributed by atoms with van der Waals surface area (Å²) in [5.41, 5.74) is 1.76. The second-order valence-corrected chi connectivity index (χ2v) is 6.00. The summed E-state index contributed by atoms with van der Waals surface area (Å²) >= 11 is 0. The predicted octanol–water partition coefficient (Wildman–Crippen LogP) is 2.01. The first kappa shape index (κ1) is 16.5. The molecule has 1 aromatic rings. The summed E-state index contributed by atoms with van der Waals surface area (Å²) in [6, 6.07) is 7.88. The van der Waals surface area contributed by atoms with Crippen LogP contribution in [-0.2, 0) is 4.79 Å². The predicted molar refractivity (Wildman–Crippen MR) is 85.0 cm³/mol. The van der Waals surface area contributed by atoms with Crippen molar-refractivity contribution in [2.45, 2.75) is 32.2 Å². The lowest BCUT2D eigenvalue weighted by Gasteiger charge is -2.25. The molecule has 1 saturated heterocycles. The summed E-state index contributed by atoms with van der Waals surface area (Å²) < 4.78 is 0. The molecular weight excluding hydrogens is 280 g/mol. The van der Waals surface area contributed by atoms with Crippen LogP contribution in [0.25, 0.3) is 0 Å². The second kappa shape index (κ2) is 7.40. The minimum absolute atomic E-state index is 0.0520. The molecule has 0 aromatic heterocycles. The van der Waals surface area contributed by atoms with Gasteiger partial charge in [0.25, 0.3) is 5.91 Å². The molecule has 0 spiro atoms. The van der Waals surface area contributed by atoms with E-state index in [9.17, 15) is 9.59 Å². The molecule has 22 heavy (non-hydrogen) atoms. The smallest absolute Gasteiger partial charge is 0.317 e. The van der Waals surface area contributed by atoms with Gasteiger partial charge in [-0.15, -0.1) is 0 Å². The second-order valence-electron chi connectivity index (χ2n) is 6.00. The summed E-state index contributed by atoms with van der Waals surface area (Å²) in [5, 5.41) is 8.90. The highest BCUT2D eigenvalue weighted by Gasteiger charge is 2.25. The van der Waals surface area contributed by atoms with Gasteiger partial charge in [-0.25, -0.2) is 0 Å². The van der Waals surface area contributed by atoms with E-state index in [0.717, 1.165) is 36.9 Å². The van der Waals surface area contributed by atoms with Crippen LogP contribution in [0.3, 0.4) is 0 Å². The highest BCUT2D eigenvalue weighted by atomic mass is 16.4. The van der Waals surface area contributed by atoms with Crippen LogP contribution in [-0.4, -0.2) is 59.5 Å².